The first-order chi connectivity index (χ1) is 15.1. The topological polar surface area (TPSA) is 88.2 Å². The molecule has 1 amide bonds. The predicted octanol–water partition coefficient (Wildman–Crippen LogP) is 4.75. The Kier molecular flexibility index (Phi) is 7.83. The van der Waals surface area contributed by atoms with Crippen molar-refractivity contribution in [1.82, 2.24) is 10.3 Å². The molecule has 3 rings (SSSR count). The number of rotatable bonds is 10. The standard InChI is InChI=1S/C25H27N3O3/c1-3-19-16-22(13-11-20(19)12-14-24(29)27-17-26)30-15-7-10-23-18(2)31-25(28-23)21-8-5-4-6-9-21/h4-6,8-9,11,13,16H,3,7,10,12,14-15H2,1-2H3,(H,27,29). The highest BCUT2D eigenvalue weighted by atomic mass is 16.5. The summed E-state index contributed by atoms with van der Waals surface area (Å²) in [6.45, 7) is 4.61. The highest BCUT2D eigenvalue weighted by molar-refractivity contribution is 5.77. The van der Waals surface area contributed by atoms with Crippen molar-refractivity contribution in [2.75, 3.05) is 6.61 Å². The molecule has 0 spiro atoms. The Bertz CT molecular complexity index is 1050. The number of oxazole rings is 1. The van der Waals surface area contributed by atoms with Crippen LogP contribution in [-0.2, 0) is 24.1 Å². The van der Waals surface area contributed by atoms with Crippen LogP contribution in [0.2, 0.25) is 0 Å². The van der Waals surface area contributed by atoms with Crippen molar-refractivity contribution in [3.63, 3.8) is 0 Å². The third-order valence-corrected chi connectivity index (χ3v) is 5.12. The zero-order valence-corrected chi connectivity index (χ0v) is 18.0. The smallest absolute Gasteiger partial charge is 0.233 e. The van der Waals surface area contributed by atoms with Gasteiger partial charge in [0.25, 0.3) is 0 Å². The molecule has 0 saturated heterocycles. The highest BCUT2D eigenvalue weighted by Crippen LogP contribution is 2.23. The number of amides is 1. The minimum Gasteiger partial charge on any atom is -0.494 e. The van der Waals surface area contributed by atoms with Gasteiger partial charge in [0.05, 0.1) is 12.3 Å². The van der Waals surface area contributed by atoms with Crippen LogP contribution in [-0.4, -0.2) is 17.5 Å². The van der Waals surface area contributed by atoms with E-state index in [4.69, 9.17) is 14.4 Å². The number of hydrogen-bond acceptors (Lipinski definition) is 5. The lowest BCUT2D eigenvalue weighted by Crippen LogP contribution is -2.17. The van der Waals surface area contributed by atoms with E-state index in [2.05, 4.69) is 17.2 Å². The number of hydrogen-bond donors (Lipinski definition) is 1. The van der Waals surface area contributed by atoms with E-state index in [-0.39, 0.29) is 5.91 Å². The minimum atomic E-state index is -0.261. The molecular weight excluding hydrogens is 390 g/mol. The average molecular weight is 418 g/mol. The summed E-state index contributed by atoms with van der Waals surface area (Å²) in [7, 11) is 0. The largest absolute Gasteiger partial charge is 0.494 e. The number of aromatic nitrogens is 1. The van der Waals surface area contributed by atoms with Gasteiger partial charge < -0.3 is 9.15 Å². The zero-order chi connectivity index (χ0) is 22.1. The second-order valence-electron chi connectivity index (χ2n) is 7.28. The number of nitrogens with one attached hydrogen (secondary N) is 1. The van der Waals surface area contributed by atoms with Gasteiger partial charge in [-0.25, -0.2) is 4.98 Å². The maximum atomic E-state index is 11.5. The molecule has 1 heterocycles. The van der Waals surface area contributed by atoms with Gasteiger partial charge in [0.2, 0.25) is 11.8 Å². The van der Waals surface area contributed by atoms with Crippen molar-refractivity contribution < 1.29 is 13.9 Å². The lowest BCUT2D eigenvalue weighted by Gasteiger charge is -2.11. The number of nitriles is 1. The molecule has 0 saturated carbocycles. The molecular formula is C25H27N3O3. The van der Waals surface area contributed by atoms with Crippen LogP contribution < -0.4 is 10.1 Å². The van der Waals surface area contributed by atoms with Crippen LogP contribution in [0.25, 0.3) is 11.5 Å². The van der Waals surface area contributed by atoms with Gasteiger partial charge in [-0.2, -0.15) is 5.26 Å². The normalized spacial score (nSPS) is 10.5. The van der Waals surface area contributed by atoms with Gasteiger partial charge in [-0.05, 0) is 68.0 Å². The Balaban J connectivity index is 1.51. The maximum Gasteiger partial charge on any atom is 0.233 e. The van der Waals surface area contributed by atoms with Crippen LogP contribution in [0.1, 0.15) is 42.3 Å². The Hall–Kier alpha value is -3.59. The van der Waals surface area contributed by atoms with Crippen molar-refractivity contribution in [3.8, 4) is 23.4 Å². The molecule has 0 atom stereocenters. The summed E-state index contributed by atoms with van der Waals surface area (Å²) in [5, 5.41) is 10.7. The Morgan fingerprint density at radius 2 is 1.97 bits per heavy atom. The van der Waals surface area contributed by atoms with Gasteiger partial charge in [-0.15, -0.1) is 0 Å². The number of benzene rings is 2. The molecule has 3 aromatic rings. The minimum absolute atomic E-state index is 0.261. The summed E-state index contributed by atoms with van der Waals surface area (Å²) < 4.78 is 11.8. The molecule has 0 fully saturated rings. The molecule has 1 aromatic heterocycles. The fourth-order valence-electron chi connectivity index (χ4n) is 3.43. The maximum absolute atomic E-state index is 11.5. The molecule has 0 aliphatic heterocycles. The van der Waals surface area contributed by atoms with Crippen LogP contribution >= 0.6 is 0 Å². The fraction of sp³-hybridized carbons (Fsp3) is 0.320. The molecule has 0 bridgehead atoms. The van der Waals surface area contributed by atoms with Crippen molar-refractivity contribution >= 4 is 5.91 Å². The summed E-state index contributed by atoms with van der Waals surface area (Å²) in [5.74, 6) is 2.06. The number of ether oxygens (including phenoxy) is 1. The van der Waals surface area contributed by atoms with E-state index in [9.17, 15) is 4.79 Å². The molecule has 1 N–H and O–H groups in total. The summed E-state index contributed by atoms with van der Waals surface area (Å²) >= 11 is 0. The van der Waals surface area contributed by atoms with Crippen molar-refractivity contribution in [2.24, 2.45) is 0 Å². The Morgan fingerprint density at radius 1 is 1.16 bits per heavy atom. The van der Waals surface area contributed by atoms with E-state index >= 15 is 0 Å². The summed E-state index contributed by atoms with van der Waals surface area (Å²) in [6, 6.07) is 15.9. The highest BCUT2D eigenvalue weighted by Gasteiger charge is 2.11. The third kappa shape index (κ3) is 6.19. The summed E-state index contributed by atoms with van der Waals surface area (Å²) in [5.41, 5.74) is 4.20. The van der Waals surface area contributed by atoms with Crippen LogP contribution in [0.4, 0.5) is 0 Å². The average Bonchev–Trinajstić information content (AvgIpc) is 3.17. The molecule has 6 nitrogen and oxygen atoms in total. The molecule has 0 aliphatic carbocycles. The Labute approximate surface area is 182 Å². The van der Waals surface area contributed by atoms with Crippen LogP contribution in [0, 0.1) is 18.4 Å². The van der Waals surface area contributed by atoms with Gasteiger partial charge >= 0.3 is 0 Å². The molecule has 31 heavy (non-hydrogen) atoms. The van der Waals surface area contributed by atoms with E-state index < -0.39 is 0 Å². The molecule has 0 radical (unpaired) electrons. The first-order valence-corrected chi connectivity index (χ1v) is 10.5. The SMILES string of the molecule is CCc1cc(OCCCc2nc(-c3ccccc3)oc2C)ccc1CCC(=O)NC#N. The van der Waals surface area contributed by atoms with Crippen LogP contribution in [0.5, 0.6) is 5.75 Å². The first-order valence-electron chi connectivity index (χ1n) is 10.5. The second-order valence-corrected chi connectivity index (χ2v) is 7.28. The number of nitrogens with zero attached hydrogens (tertiary/aromatic N) is 2. The number of carbonyl (C=O) groups excluding carboxylic acids is 1. The van der Waals surface area contributed by atoms with E-state index in [0.717, 1.165) is 53.2 Å². The number of carbonyl (C=O) groups is 1. The van der Waals surface area contributed by atoms with Crippen molar-refractivity contribution in [2.45, 2.75) is 46.0 Å². The van der Waals surface area contributed by atoms with Gasteiger partial charge in [0, 0.05) is 12.0 Å². The molecule has 0 unspecified atom stereocenters. The second kappa shape index (κ2) is 11.0. The van der Waals surface area contributed by atoms with Gasteiger partial charge in [-0.3, -0.25) is 10.1 Å². The zero-order valence-electron chi connectivity index (χ0n) is 18.0. The van der Waals surface area contributed by atoms with E-state index in [1.807, 2.05) is 55.5 Å². The van der Waals surface area contributed by atoms with Gasteiger partial charge in [0.15, 0.2) is 6.19 Å². The summed E-state index contributed by atoms with van der Waals surface area (Å²) in [4.78, 5) is 16.1. The fourth-order valence-corrected chi connectivity index (χ4v) is 3.43. The quantitative estimate of drug-likeness (QED) is 0.292. The summed E-state index contributed by atoms with van der Waals surface area (Å²) in [6.07, 6.45) is 5.04. The first kappa shape index (κ1) is 22.1. The van der Waals surface area contributed by atoms with Crippen molar-refractivity contribution in [3.05, 3.63) is 71.1 Å². The molecule has 6 heteroatoms. The van der Waals surface area contributed by atoms with E-state index in [1.54, 1.807) is 6.19 Å². The predicted molar refractivity (Wildman–Crippen MR) is 118 cm³/mol. The van der Waals surface area contributed by atoms with Crippen molar-refractivity contribution in [1.29, 1.82) is 5.26 Å². The van der Waals surface area contributed by atoms with E-state index in [0.29, 0.717) is 25.3 Å². The van der Waals surface area contributed by atoms with Gasteiger partial charge in [-0.1, -0.05) is 31.2 Å². The lowest BCUT2D eigenvalue weighted by molar-refractivity contribution is -0.119. The Morgan fingerprint density at radius 3 is 2.71 bits per heavy atom. The molecule has 160 valence electrons. The third-order valence-electron chi connectivity index (χ3n) is 5.12. The van der Waals surface area contributed by atoms with Gasteiger partial charge in [0.1, 0.15) is 11.5 Å². The molecule has 2 aromatic carbocycles. The van der Waals surface area contributed by atoms with Crippen LogP contribution in [0.3, 0.4) is 0 Å². The monoisotopic (exact) mass is 417 g/mol. The lowest BCUT2D eigenvalue weighted by atomic mass is 10.0. The van der Waals surface area contributed by atoms with Crippen LogP contribution in [0.15, 0.2) is 52.9 Å². The molecule has 0 aliphatic rings. The number of aryl methyl sites for hydroxylation is 4. The van der Waals surface area contributed by atoms with E-state index in [1.165, 1.54) is 0 Å².